The van der Waals surface area contributed by atoms with E-state index in [4.69, 9.17) is 23.7 Å². The van der Waals surface area contributed by atoms with E-state index in [1.807, 2.05) is 91.0 Å². The number of rotatable bonds is 13. The van der Waals surface area contributed by atoms with Crippen LogP contribution in [0.5, 0.6) is 5.75 Å². The Morgan fingerprint density at radius 1 is 0.690 bits per heavy atom. The van der Waals surface area contributed by atoms with Gasteiger partial charge in [0.05, 0.1) is 33.5 Å². The van der Waals surface area contributed by atoms with Gasteiger partial charge in [-0.15, -0.1) is 0 Å². The number of nitrogens with zero attached hydrogens (tertiary/aromatic N) is 1. The van der Waals surface area contributed by atoms with Crippen molar-refractivity contribution in [2.24, 2.45) is 0 Å². The molecule has 0 saturated carbocycles. The van der Waals surface area contributed by atoms with Crippen LogP contribution in [-0.4, -0.2) is 43.0 Å². The van der Waals surface area contributed by atoms with Gasteiger partial charge in [0.1, 0.15) is 18.0 Å². The van der Waals surface area contributed by atoms with Gasteiger partial charge in [0.2, 0.25) is 0 Å². The molecule has 0 N–H and O–H groups in total. The SMILES string of the molecule is COc1ccc([C@@H]2O[C@H](COCc3ccccc3)[C@@H](OCc3ccccc3)[C@H](OCc3ccccc3)[C@H]2[N+](=O)[O-])cc1. The van der Waals surface area contributed by atoms with E-state index in [9.17, 15) is 10.1 Å². The average molecular weight is 570 g/mol. The van der Waals surface area contributed by atoms with Gasteiger partial charge in [-0.1, -0.05) is 103 Å². The topological polar surface area (TPSA) is 89.3 Å². The van der Waals surface area contributed by atoms with Crippen LogP contribution in [0.4, 0.5) is 0 Å². The van der Waals surface area contributed by atoms with Crippen molar-refractivity contribution in [2.75, 3.05) is 13.7 Å². The molecule has 5 atom stereocenters. The van der Waals surface area contributed by atoms with Crippen LogP contribution in [0, 0.1) is 10.1 Å². The third kappa shape index (κ3) is 7.60. The first kappa shape index (κ1) is 29.4. The van der Waals surface area contributed by atoms with Crippen LogP contribution < -0.4 is 4.74 Å². The van der Waals surface area contributed by atoms with Crippen LogP contribution in [0.15, 0.2) is 115 Å². The van der Waals surface area contributed by atoms with E-state index >= 15 is 0 Å². The third-order valence-electron chi connectivity index (χ3n) is 7.31. The molecule has 1 heterocycles. The summed E-state index contributed by atoms with van der Waals surface area (Å²) in [4.78, 5) is 12.4. The van der Waals surface area contributed by atoms with Crippen molar-refractivity contribution >= 4 is 0 Å². The summed E-state index contributed by atoms with van der Waals surface area (Å²) >= 11 is 0. The highest BCUT2D eigenvalue weighted by molar-refractivity contribution is 5.30. The first-order chi connectivity index (χ1) is 20.6. The second-order valence-electron chi connectivity index (χ2n) is 10.2. The molecular formula is C34H35NO7. The molecule has 0 aliphatic carbocycles. The highest BCUT2D eigenvalue weighted by Crippen LogP contribution is 2.38. The lowest BCUT2D eigenvalue weighted by molar-refractivity contribution is -0.563. The highest BCUT2D eigenvalue weighted by atomic mass is 16.7. The molecule has 42 heavy (non-hydrogen) atoms. The molecule has 1 fully saturated rings. The Morgan fingerprint density at radius 2 is 1.19 bits per heavy atom. The molecule has 0 spiro atoms. The predicted molar refractivity (Wildman–Crippen MR) is 158 cm³/mol. The Hall–Kier alpha value is -4.08. The molecule has 0 radical (unpaired) electrons. The summed E-state index contributed by atoms with van der Waals surface area (Å²) in [7, 11) is 1.58. The summed E-state index contributed by atoms with van der Waals surface area (Å²) in [6.45, 7) is 0.963. The first-order valence-corrected chi connectivity index (χ1v) is 14.0. The van der Waals surface area contributed by atoms with E-state index in [-0.39, 0.29) is 24.7 Å². The lowest BCUT2D eigenvalue weighted by Crippen LogP contribution is -2.59. The monoisotopic (exact) mass is 569 g/mol. The van der Waals surface area contributed by atoms with E-state index in [1.165, 1.54) is 0 Å². The van der Waals surface area contributed by atoms with Gasteiger partial charge in [-0.2, -0.15) is 0 Å². The number of nitro groups is 1. The summed E-state index contributed by atoms with van der Waals surface area (Å²) in [6.07, 6.45) is -3.22. The second-order valence-corrected chi connectivity index (χ2v) is 10.2. The number of hydrogen-bond donors (Lipinski definition) is 0. The van der Waals surface area contributed by atoms with Gasteiger partial charge >= 0.3 is 0 Å². The van der Waals surface area contributed by atoms with Crippen LogP contribution in [0.3, 0.4) is 0 Å². The number of ether oxygens (including phenoxy) is 5. The fourth-order valence-electron chi connectivity index (χ4n) is 5.15. The summed E-state index contributed by atoms with van der Waals surface area (Å²) < 4.78 is 30.8. The summed E-state index contributed by atoms with van der Waals surface area (Å²) in [6, 6.07) is 35.0. The lowest BCUT2D eigenvalue weighted by Gasteiger charge is -2.42. The number of methoxy groups -OCH3 is 1. The predicted octanol–water partition coefficient (Wildman–Crippen LogP) is 6.17. The average Bonchev–Trinajstić information content (AvgIpc) is 3.04. The van der Waals surface area contributed by atoms with Crippen LogP contribution in [0.2, 0.25) is 0 Å². The van der Waals surface area contributed by atoms with E-state index in [0.717, 1.165) is 16.7 Å². The Bertz CT molecular complexity index is 1370. The Labute approximate surface area is 245 Å². The maximum atomic E-state index is 12.7. The van der Waals surface area contributed by atoms with Crippen LogP contribution in [-0.2, 0) is 38.8 Å². The minimum atomic E-state index is -1.23. The zero-order valence-electron chi connectivity index (χ0n) is 23.5. The molecule has 218 valence electrons. The van der Waals surface area contributed by atoms with Gasteiger partial charge in [0, 0.05) is 4.92 Å². The molecular weight excluding hydrogens is 534 g/mol. The molecule has 4 aromatic rings. The smallest absolute Gasteiger partial charge is 0.271 e. The van der Waals surface area contributed by atoms with Crippen LogP contribution >= 0.6 is 0 Å². The van der Waals surface area contributed by atoms with E-state index in [0.29, 0.717) is 17.9 Å². The normalized spacial score (nSPS) is 22.0. The Morgan fingerprint density at radius 3 is 1.69 bits per heavy atom. The van der Waals surface area contributed by atoms with Crippen LogP contribution in [0.1, 0.15) is 28.4 Å². The zero-order chi connectivity index (χ0) is 29.1. The largest absolute Gasteiger partial charge is 0.497 e. The highest BCUT2D eigenvalue weighted by Gasteiger charge is 2.54. The standard InChI is InChI=1S/C34H35NO7/c1-38-29-19-17-28(18-20-29)32-31(35(36)37)34(41-23-27-15-9-4-10-16-27)33(40-22-26-13-7-3-8-14-26)30(42-32)24-39-21-25-11-5-2-6-12-25/h2-20,30-34H,21-24H2,1H3/t30-,31+,32+,33-,34-/m1/s1. The van der Waals surface area contributed by atoms with Gasteiger partial charge in [-0.3, -0.25) is 10.1 Å². The molecule has 0 unspecified atom stereocenters. The molecule has 0 bridgehead atoms. The van der Waals surface area contributed by atoms with Crippen molar-refractivity contribution in [3.63, 3.8) is 0 Å². The zero-order valence-corrected chi connectivity index (χ0v) is 23.5. The van der Waals surface area contributed by atoms with Gasteiger partial charge < -0.3 is 23.7 Å². The molecule has 8 heteroatoms. The third-order valence-corrected chi connectivity index (χ3v) is 7.31. The molecule has 0 amide bonds. The summed E-state index contributed by atoms with van der Waals surface area (Å²) in [5.41, 5.74) is 3.52. The molecule has 5 rings (SSSR count). The fourth-order valence-corrected chi connectivity index (χ4v) is 5.15. The van der Waals surface area contributed by atoms with Crippen molar-refractivity contribution in [1.82, 2.24) is 0 Å². The molecule has 1 aliphatic rings. The van der Waals surface area contributed by atoms with Crippen molar-refractivity contribution in [2.45, 2.75) is 50.3 Å². The molecule has 4 aromatic carbocycles. The Balaban J connectivity index is 1.46. The Kier molecular flexibility index (Phi) is 10.3. The van der Waals surface area contributed by atoms with Crippen molar-refractivity contribution < 1.29 is 28.6 Å². The quantitative estimate of drug-likeness (QED) is 0.141. The van der Waals surface area contributed by atoms with Crippen molar-refractivity contribution in [3.8, 4) is 5.75 Å². The van der Waals surface area contributed by atoms with Gasteiger partial charge in [0.25, 0.3) is 6.04 Å². The molecule has 1 saturated heterocycles. The maximum absolute atomic E-state index is 12.7. The number of hydrogen-bond acceptors (Lipinski definition) is 7. The minimum absolute atomic E-state index is 0.163. The molecule has 1 aliphatic heterocycles. The maximum Gasteiger partial charge on any atom is 0.271 e. The fraction of sp³-hybridized carbons (Fsp3) is 0.294. The molecule has 8 nitrogen and oxygen atoms in total. The lowest BCUT2D eigenvalue weighted by atomic mass is 9.89. The first-order valence-electron chi connectivity index (χ1n) is 14.0. The minimum Gasteiger partial charge on any atom is -0.497 e. The van der Waals surface area contributed by atoms with Gasteiger partial charge in [-0.25, -0.2) is 0 Å². The van der Waals surface area contributed by atoms with Crippen LogP contribution in [0.25, 0.3) is 0 Å². The number of benzene rings is 4. The van der Waals surface area contributed by atoms with Crippen molar-refractivity contribution in [3.05, 3.63) is 148 Å². The van der Waals surface area contributed by atoms with Gasteiger partial charge in [-0.05, 0) is 34.4 Å². The van der Waals surface area contributed by atoms with E-state index in [2.05, 4.69) is 0 Å². The van der Waals surface area contributed by atoms with E-state index in [1.54, 1.807) is 31.4 Å². The van der Waals surface area contributed by atoms with E-state index < -0.39 is 30.5 Å². The summed E-state index contributed by atoms with van der Waals surface area (Å²) in [5, 5.41) is 12.7. The van der Waals surface area contributed by atoms with Gasteiger partial charge in [0.15, 0.2) is 12.2 Å². The van der Waals surface area contributed by atoms with Crippen molar-refractivity contribution in [1.29, 1.82) is 0 Å². The second kappa shape index (κ2) is 14.7. The summed E-state index contributed by atoms with van der Waals surface area (Å²) in [5.74, 6) is 0.649. The molecule has 0 aromatic heterocycles.